The van der Waals surface area contributed by atoms with Crippen molar-refractivity contribution in [3.8, 4) is 0 Å². The molecule has 1 aromatic heterocycles. The number of aromatic nitrogens is 1. The van der Waals surface area contributed by atoms with E-state index < -0.39 is 6.10 Å². The first-order valence-electron chi connectivity index (χ1n) is 4.38. The zero-order valence-electron chi connectivity index (χ0n) is 7.70. The minimum atomic E-state index is -0.401. The van der Waals surface area contributed by atoms with E-state index >= 15 is 0 Å². The minimum Gasteiger partial charge on any atom is -0.393 e. The molecule has 4 heteroatoms. The molecule has 0 saturated heterocycles. The summed E-state index contributed by atoms with van der Waals surface area (Å²) in [6, 6.07) is 5.71. The van der Waals surface area contributed by atoms with E-state index in [0.29, 0.717) is 6.42 Å². The fourth-order valence-electron chi connectivity index (χ4n) is 1.39. The summed E-state index contributed by atoms with van der Waals surface area (Å²) in [6.45, 7) is 1.73. The van der Waals surface area contributed by atoms with Gasteiger partial charge in [0.05, 0.1) is 11.8 Å². The van der Waals surface area contributed by atoms with E-state index in [9.17, 15) is 5.11 Å². The van der Waals surface area contributed by atoms with Gasteiger partial charge >= 0.3 is 0 Å². The molecule has 0 aliphatic carbocycles. The van der Waals surface area contributed by atoms with Crippen molar-refractivity contribution in [1.82, 2.24) is 5.16 Å². The summed E-state index contributed by atoms with van der Waals surface area (Å²) in [5, 5.41) is 14.1. The summed E-state index contributed by atoms with van der Waals surface area (Å²) in [7, 11) is 0. The molecular weight excluding hydrogens is 246 g/mol. The van der Waals surface area contributed by atoms with Crippen molar-refractivity contribution in [2.24, 2.45) is 0 Å². The normalized spacial score (nSPS) is 13.4. The lowest BCUT2D eigenvalue weighted by molar-refractivity contribution is 0.193. The van der Waals surface area contributed by atoms with Crippen molar-refractivity contribution in [1.29, 1.82) is 0 Å². The van der Waals surface area contributed by atoms with Crippen LogP contribution in [0.25, 0.3) is 11.0 Å². The Labute approximate surface area is 89.8 Å². The Hall–Kier alpha value is -0.870. The van der Waals surface area contributed by atoms with Gasteiger partial charge in [0, 0.05) is 16.3 Å². The summed E-state index contributed by atoms with van der Waals surface area (Å²) in [6.07, 6.45) is 0.117. The Kier molecular flexibility index (Phi) is 2.56. The van der Waals surface area contributed by atoms with Crippen LogP contribution in [0, 0.1) is 0 Å². The number of aliphatic hydroxyl groups is 1. The van der Waals surface area contributed by atoms with Crippen LogP contribution >= 0.6 is 15.9 Å². The van der Waals surface area contributed by atoms with Gasteiger partial charge in [-0.25, -0.2) is 0 Å². The van der Waals surface area contributed by atoms with Crippen LogP contribution in [0.4, 0.5) is 0 Å². The maximum absolute atomic E-state index is 9.26. The van der Waals surface area contributed by atoms with Gasteiger partial charge in [0.15, 0.2) is 5.58 Å². The van der Waals surface area contributed by atoms with Crippen molar-refractivity contribution in [2.45, 2.75) is 19.4 Å². The van der Waals surface area contributed by atoms with Gasteiger partial charge in [0.1, 0.15) is 0 Å². The van der Waals surface area contributed by atoms with Gasteiger partial charge in [-0.1, -0.05) is 21.1 Å². The zero-order chi connectivity index (χ0) is 10.1. The summed E-state index contributed by atoms with van der Waals surface area (Å²) in [5.74, 6) is 0. The summed E-state index contributed by atoms with van der Waals surface area (Å²) < 4.78 is 6.11. The molecule has 14 heavy (non-hydrogen) atoms. The molecule has 0 aliphatic rings. The lowest BCUT2D eigenvalue weighted by atomic mass is 10.1. The van der Waals surface area contributed by atoms with Crippen molar-refractivity contribution in [2.75, 3.05) is 0 Å². The number of rotatable bonds is 2. The Balaban J connectivity index is 2.50. The summed E-state index contributed by atoms with van der Waals surface area (Å²) in [5.41, 5.74) is 1.56. The second-order valence-electron chi connectivity index (χ2n) is 3.32. The van der Waals surface area contributed by atoms with Crippen LogP contribution in [-0.4, -0.2) is 16.4 Å². The fraction of sp³-hybridized carbons (Fsp3) is 0.300. The standard InChI is InChI=1S/C10H10BrNO2/c1-6(13)4-9-8-5-7(11)2-3-10(8)14-12-9/h2-3,5-6,13H,4H2,1H3. The topological polar surface area (TPSA) is 46.3 Å². The molecule has 1 atom stereocenters. The number of hydrogen-bond acceptors (Lipinski definition) is 3. The van der Waals surface area contributed by atoms with Crippen molar-refractivity contribution in [3.63, 3.8) is 0 Å². The molecule has 74 valence electrons. The first-order chi connectivity index (χ1) is 6.66. The molecule has 1 unspecified atom stereocenters. The average Bonchev–Trinajstić information content (AvgIpc) is 2.47. The first kappa shape index (κ1) is 9.68. The fourth-order valence-corrected chi connectivity index (χ4v) is 1.75. The highest BCUT2D eigenvalue weighted by atomic mass is 79.9. The highest BCUT2D eigenvalue weighted by Crippen LogP contribution is 2.23. The van der Waals surface area contributed by atoms with Gasteiger partial charge in [-0.2, -0.15) is 0 Å². The molecule has 3 nitrogen and oxygen atoms in total. The number of benzene rings is 1. The van der Waals surface area contributed by atoms with Gasteiger partial charge in [-0.3, -0.25) is 0 Å². The predicted molar refractivity (Wildman–Crippen MR) is 57.1 cm³/mol. The number of aliphatic hydroxyl groups excluding tert-OH is 1. The van der Waals surface area contributed by atoms with E-state index in [1.165, 1.54) is 0 Å². The second-order valence-corrected chi connectivity index (χ2v) is 4.24. The lowest BCUT2D eigenvalue weighted by Crippen LogP contribution is -2.04. The smallest absolute Gasteiger partial charge is 0.167 e. The molecule has 2 rings (SSSR count). The monoisotopic (exact) mass is 255 g/mol. The molecule has 0 amide bonds. The van der Waals surface area contributed by atoms with E-state index in [4.69, 9.17) is 4.52 Å². The molecule has 0 spiro atoms. The van der Waals surface area contributed by atoms with E-state index in [2.05, 4.69) is 21.1 Å². The third-order valence-electron chi connectivity index (χ3n) is 2.00. The number of hydrogen-bond donors (Lipinski definition) is 1. The van der Waals surface area contributed by atoms with Crippen LogP contribution in [0.1, 0.15) is 12.6 Å². The van der Waals surface area contributed by atoms with Crippen LogP contribution in [0.2, 0.25) is 0 Å². The molecule has 2 aromatic rings. The van der Waals surface area contributed by atoms with Gasteiger partial charge in [-0.05, 0) is 25.1 Å². The number of halogens is 1. The third-order valence-corrected chi connectivity index (χ3v) is 2.49. The minimum absolute atomic E-state index is 0.401. The van der Waals surface area contributed by atoms with Crippen molar-refractivity contribution < 1.29 is 9.63 Å². The van der Waals surface area contributed by atoms with Gasteiger partial charge in [-0.15, -0.1) is 0 Å². The number of fused-ring (bicyclic) bond motifs is 1. The molecule has 1 aromatic carbocycles. The van der Waals surface area contributed by atoms with E-state index in [0.717, 1.165) is 21.1 Å². The molecule has 0 radical (unpaired) electrons. The first-order valence-corrected chi connectivity index (χ1v) is 5.18. The molecule has 0 fully saturated rings. The van der Waals surface area contributed by atoms with Gasteiger partial charge < -0.3 is 9.63 Å². The highest BCUT2D eigenvalue weighted by Gasteiger charge is 2.10. The Morgan fingerprint density at radius 3 is 3.07 bits per heavy atom. The summed E-state index contributed by atoms with van der Waals surface area (Å²) >= 11 is 3.39. The van der Waals surface area contributed by atoms with Gasteiger partial charge in [0.2, 0.25) is 0 Å². The van der Waals surface area contributed by atoms with Crippen LogP contribution in [0.5, 0.6) is 0 Å². The Bertz CT molecular complexity index is 450. The van der Waals surface area contributed by atoms with Crippen LogP contribution in [-0.2, 0) is 6.42 Å². The molecule has 1 heterocycles. The molecule has 0 saturated carbocycles. The molecular formula is C10H10BrNO2. The molecule has 0 aliphatic heterocycles. The van der Waals surface area contributed by atoms with Crippen molar-refractivity contribution in [3.05, 3.63) is 28.4 Å². The maximum Gasteiger partial charge on any atom is 0.167 e. The van der Waals surface area contributed by atoms with E-state index in [1.807, 2.05) is 18.2 Å². The number of nitrogens with zero attached hydrogens (tertiary/aromatic N) is 1. The summed E-state index contributed by atoms with van der Waals surface area (Å²) in [4.78, 5) is 0. The van der Waals surface area contributed by atoms with Gasteiger partial charge in [0.25, 0.3) is 0 Å². The molecule has 0 bridgehead atoms. The van der Waals surface area contributed by atoms with E-state index in [-0.39, 0.29) is 0 Å². The van der Waals surface area contributed by atoms with Crippen LogP contribution in [0.3, 0.4) is 0 Å². The second kappa shape index (κ2) is 3.71. The molecule has 1 N–H and O–H groups in total. The maximum atomic E-state index is 9.26. The largest absolute Gasteiger partial charge is 0.393 e. The van der Waals surface area contributed by atoms with Crippen molar-refractivity contribution >= 4 is 26.9 Å². The van der Waals surface area contributed by atoms with Crippen LogP contribution < -0.4 is 0 Å². The predicted octanol–water partition coefficient (Wildman–Crippen LogP) is 2.51. The Morgan fingerprint density at radius 1 is 1.57 bits per heavy atom. The van der Waals surface area contributed by atoms with E-state index in [1.54, 1.807) is 6.92 Å². The Morgan fingerprint density at radius 2 is 2.36 bits per heavy atom. The van der Waals surface area contributed by atoms with Crippen LogP contribution in [0.15, 0.2) is 27.2 Å². The zero-order valence-corrected chi connectivity index (χ0v) is 9.28. The quantitative estimate of drug-likeness (QED) is 0.897. The average molecular weight is 256 g/mol. The third kappa shape index (κ3) is 1.81. The lowest BCUT2D eigenvalue weighted by Gasteiger charge is -1.99. The SMILES string of the molecule is CC(O)Cc1noc2ccc(Br)cc12. The highest BCUT2D eigenvalue weighted by molar-refractivity contribution is 9.10.